The summed E-state index contributed by atoms with van der Waals surface area (Å²) in [5.74, 6) is -2.62. The number of hydrogen-bond acceptors (Lipinski definition) is 13. The minimum Gasteiger partial charge on any atom is -0.481 e. The van der Waals surface area contributed by atoms with Crippen molar-refractivity contribution in [1.82, 2.24) is 0 Å². The molecule has 322 valence electrons. The second-order valence-electron chi connectivity index (χ2n) is 20.6. The molecule has 2 aliphatic heterocycles. The van der Waals surface area contributed by atoms with Gasteiger partial charge in [-0.15, -0.1) is 0 Å². The lowest BCUT2D eigenvalue weighted by atomic mass is 9.33. The third-order valence-electron chi connectivity index (χ3n) is 17.3. The van der Waals surface area contributed by atoms with Gasteiger partial charge in [0, 0.05) is 5.92 Å². The third kappa shape index (κ3) is 6.31. The number of allylic oxidation sites excluding steroid dienone is 2. The van der Waals surface area contributed by atoms with Gasteiger partial charge in [0.2, 0.25) is 0 Å². The van der Waals surface area contributed by atoms with E-state index < -0.39 is 102 Å². The Bertz CT molecular complexity index is 1650. The van der Waals surface area contributed by atoms with Crippen LogP contribution >= 0.6 is 0 Å². The van der Waals surface area contributed by atoms with Gasteiger partial charge in [-0.05, 0) is 110 Å². The van der Waals surface area contributed by atoms with E-state index in [1.165, 1.54) is 0 Å². The number of fused-ring (bicyclic) bond motifs is 7. The lowest BCUT2D eigenvalue weighted by Crippen LogP contribution is -2.68. The molecule has 7 aliphatic rings. The molecule has 0 aromatic heterocycles. The van der Waals surface area contributed by atoms with Crippen LogP contribution in [0.25, 0.3) is 0 Å². The number of aliphatic hydroxyl groups excluding tert-OH is 6. The third-order valence-corrected chi connectivity index (χ3v) is 17.3. The smallest absolute Gasteiger partial charge is 0.335 e. The zero-order valence-electron chi connectivity index (χ0n) is 34.2. The van der Waals surface area contributed by atoms with E-state index in [1.807, 2.05) is 13.0 Å². The monoisotopic (exact) mass is 808 g/mol. The van der Waals surface area contributed by atoms with Crippen molar-refractivity contribution < 1.29 is 74.2 Å². The molecule has 6 fully saturated rings. The van der Waals surface area contributed by atoms with E-state index >= 15 is 0 Å². The maximum Gasteiger partial charge on any atom is 0.335 e. The zero-order chi connectivity index (χ0) is 42.0. The van der Waals surface area contributed by atoms with Crippen LogP contribution in [0, 0.1) is 50.2 Å². The summed E-state index contributed by atoms with van der Waals surface area (Å²) in [6, 6.07) is 0. The summed E-state index contributed by atoms with van der Waals surface area (Å²) in [5, 5.41) is 83.3. The molecule has 2 heterocycles. The molecule has 0 aromatic carbocycles. The van der Waals surface area contributed by atoms with Crippen LogP contribution in [0.15, 0.2) is 11.6 Å². The second-order valence-corrected chi connectivity index (χ2v) is 20.6. The van der Waals surface area contributed by atoms with Gasteiger partial charge in [-0.3, -0.25) is 9.59 Å². The Morgan fingerprint density at radius 1 is 0.772 bits per heavy atom. The van der Waals surface area contributed by atoms with Gasteiger partial charge in [0.1, 0.15) is 42.7 Å². The highest BCUT2D eigenvalue weighted by Gasteiger charge is 2.71. The van der Waals surface area contributed by atoms with E-state index in [9.17, 15) is 55.2 Å². The Morgan fingerprint density at radius 2 is 1.44 bits per heavy atom. The molecule has 8 N–H and O–H groups in total. The Labute approximate surface area is 333 Å². The van der Waals surface area contributed by atoms with Crippen molar-refractivity contribution in [3.63, 3.8) is 0 Å². The Kier molecular flexibility index (Phi) is 10.8. The van der Waals surface area contributed by atoms with Gasteiger partial charge in [-0.25, -0.2) is 4.79 Å². The van der Waals surface area contributed by atoms with Gasteiger partial charge in [0.15, 0.2) is 24.5 Å². The SMILES string of the molecule is CC1(C)C2CC[C@]3(C)C(C(=O)C=C4C5C[C@@](C)(C(=O)O)CC[C@]5(C)CC[C@]43C)[C@@]2(C)CC[C@@H]1O[C@@H]1O[C@H](CO)[C@H](O)[C@H](O)[C@H]1O[C@@H]1O[C@H](C(=O)O)[C@@H](O)[C@H](O)[C@H]1O. The predicted octanol–water partition coefficient (Wildman–Crippen LogP) is 2.15. The van der Waals surface area contributed by atoms with Crippen LogP contribution in [-0.2, 0) is 33.3 Å². The molecule has 0 radical (unpaired) electrons. The molecule has 5 aliphatic carbocycles. The van der Waals surface area contributed by atoms with Gasteiger partial charge in [0.05, 0.1) is 18.1 Å². The van der Waals surface area contributed by atoms with Crippen LogP contribution in [-0.4, -0.2) is 133 Å². The van der Waals surface area contributed by atoms with Crippen LogP contribution in [0.3, 0.4) is 0 Å². The summed E-state index contributed by atoms with van der Waals surface area (Å²) < 4.78 is 23.8. The number of carboxylic acid groups (broad SMARTS) is 2. The highest BCUT2D eigenvalue weighted by molar-refractivity contribution is 5.95. The Balaban J connectivity index is 1.16. The van der Waals surface area contributed by atoms with E-state index in [0.29, 0.717) is 25.7 Å². The molecule has 0 spiro atoms. The number of aliphatic carboxylic acids is 2. The van der Waals surface area contributed by atoms with E-state index in [-0.39, 0.29) is 39.8 Å². The summed E-state index contributed by atoms with van der Waals surface area (Å²) in [5.41, 5.74) is -1.51. The first-order valence-corrected chi connectivity index (χ1v) is 20.8. The predicted molar refractivity (Wildman–Crippen MR) is 199 cm³/mol. The maximum absolute atomic E-state index is 14.8. The minimum absolute atomic E-state index is 0.00433. The first-order chi connectivity index (χ1) is 26.4. The Morgan fingerprint density at radius 3 is 2.07 bits per heavy atom. The van der Waals surface area contributed by atoms with Crippen molar-refractivity contribution in [2.45, 2.75) is 174 Å². The molecular formula is C42H64O15. The van der Waals surface area contributed by atoms with Gasteiger partial charge >= 0.3 is 11.9 Å². The van der Waals surface area contributed by atoms with E-state index in [1.54, 1.807) is 0 Å². The van der Waals surface area contributed by atoms with Crippen molar-refractivity contribution in [1.29, 1.82) is 0 Å². The van der Waals surface area contributed by atoms with Crippen molar-refractivity contribution in [3.8, 4) is 0 Å². The second kappa shape index (κ2) is 14.3. The summed E-state index contributed by atoms with van der Waals surface area (Å²) in [7, 11) is 0. The number of ether oxygens (including phenoxy) is 4. The number of carbonyl (C=O) groups is 3. The summed E-state index contributed by atoms with van der Waals surface area (Å²) >= 11 is 0. The van der Waals surface area contributed by atoms with Crippen LogP contribution in [0.2, 0.25) is 0 Å². The minimum atomic E-state index is -1.98. The number of carbonyl (C=O) groups excluding carboxylic acids is 1. The molecule has 19 atom stereocenters. The fourth-order valence-corrected chi connectivity index (χ4v) is 13.4. The van der Waals surface area contributed by atoms with Crippen molar-refractivity contribution in [3.05, 3.63) is 11.6 Å². The number of aliphatic hydroxyl groups is 6. The summed E-state index contributed by atoms with van der Waals surface area (Å²) in [6.07, 6.45) is -9.70. The lowest BCUT2D eigenvalue weighted by Gasteiger charge is -2.70. The summed E-state index contributed by atoms with van der Waals surface area (Å²) in [6.45, 7) is 14.4. The fraction of sp³-hybridized carbons (Fsp3) is 0.881. The van der Waals surface area contributed by atoms with Crippen LogP contribution in [0.4, 0.5) is 0 Å². The largest absolute Gasteiger partial charge is 0.481 e. The molecule has 2 saturated heterocycles. The summed E-state index contributed by atoms with van der Waals surface area (Å²) in [4.78, 5) is 39.1. The van der Waals surface area contributed by atoms with Gasteiger partial charge < -0.3 is 59.8 Å². The quantitative estimate of drug-likeness (QED) is 0.172. The molecule has 7 rings (SSSR count). The zero-order valence-corrected chi connectivity index (χ0v) is 34.2. The average Bonchev–Trinajstić information content (AvgIpc) is 3.13. The fourth-order valence-electron chi connectivity index (χ4n) is 13.4. The normalized spacial score (nSPS) is 53.4. The topological polar surface area (TPSA) is 250 Å². The molecule has 57 heavy (non-hydrogen) atoms. The number of ketones is 1. The van der Waals surface area contributed by atoms with Crippen LogP contribution in [0.1, 0.15) is 106 Å². The molecule has 15 nitrogen and oxygen atoms in total. The first kappa shape index (κ1) is 43.1. The molecule has 4 saturated carbocycles. The molecule has 0 amide bonds. The number of hydrogen-bond donors (Lipinski definition) is 8. The lowest BCUT2D eigenvalue weighted by molar-refractivity contribution is -0.375. The van der Waals surface area contributed by atoms with E-state index in [0.717, 1.165) is 37.7 Å². The Hall–Kier alpha value is -2.05. The van der Waals surface area contributed by atoms with E-state index in [2.05, 4.69) is 41.5 Å². The van der Waals surface area contributed by atoms with Crippen LogP contribution < -0.4 is 0 Å². The van der Waals surface area contributed by atoms with Gasteiger partial charge in [0.25, 0.3) is 0 Å². The molecule has 0 bridgehead atoms. The average molecular weight is 809 g/mol. The standard InChI is InChI=1S/C42H64O15/c1-37(2)23-8-11-42(7)32(21(44)16-19-20-17-39(4,36(52)53)13-12-38(20,3)14-15-41(19,42)6)40(23,5)10-9-24(37)55-35-31(27(47)25(45)22(18-43)54-35)57-34-29(49)26(46)28(48)30(56-34)33(50)51/h16,20,22-32,34-35,43,45-49H,8-15,17-18H2,1-7H3,(H,50,51)(H,52,53)/t20?,22-,23?,24+,25+,26+,27+,28+,29-,30+,31-,32?,34+,35+,38-,39+,40+,41-,42-/m1/s1. The van der Waals surface area contributed by atoms with Gasteiger partial charge in [-0.2, -0.15) is 0 Å². The van der Waals surface area contributed by atoms with Crippen molar-refractivity contribution in [2.24, 2.45) is 50.2 Å². The van der Waals surface area contributed by atoms with Gasteiger partial charge in [-0.1, -0.05) is 47.1 Å². The maximum atomic E-state index is 14.8. The highest BCUT2D eigenvalue weighted by Crippen LogP contribution is 2.75. The van der Waals surface area contributed by atoms with Crippen molar-refractivity contribution in [2.75, 3.05) is 6.61 Å². The highest BCUT2D eigenvalue weighted by atomic mass is 16.8. The first-order valence-electron chi connectivity index (χ1n) is 20.8. The molecule has 0 aromatic rings. The number of rotatable bonds is 7. The molecular weight excluding hydrogens is 744 g/mol. The molecule has 15 heteroatoms. The van der Waals surface area contributed by atoms with E-state index in [4.69, 9.17) is 18.9 Å². The van der Waals surface area contributed by atoms with Crippen molar-refractivity contribution >= 4 is 17.7 Å². The molecule has 3 unspecified atom stereocenters. The number of carboxylic acids is 2. The van der Waals surface area contributed by atoms with Crippen LogP contribution in [0.5, 0.6) is 0 Å².